The number of fused-ring (bicyclic) bond motifs is 2. The second-order valence-electron chi connectivity index (χ2n) is 6.74. The number of epoxide rings is 1. The highest BCUT2D eigenvalue weighted by molar-refractivity contribution is 5.91. The monoisotopic (exact) mass is 306 g/mol. The first-order chi connectivity index (χ1) is 10.3. The first-order valence-electron chi connectivity index (χ1n) is 7.72. The number of esters is 2. The van der Waals surface area contributed by atoms with Gasteiger partial charge in [0.05, 0.1) is 17.6 Å². The Hall–Kier alpha value is -1.62. The molecule has 3 aliphatic rings. The number of carbonyl (C=O) groups is 2. The summed E-state index contributed by atoms with van der Waals surface area (Å²) in [7, 11) is 0. The average molecular weight is 306 g/mol. The molecule has 120 valence electrons. The fourth-order valence-electron chi connectivity index (χ4n) is 3.58. The van der Waals surface area contributed by atoms with Crippen molar-refractivity contribution in [1.29, 1.82) is 0 Å². The highest BCUT2D eigenvalue weighted by Crippen LogP contribution is 2.48. The summed E-state index contributed by atoms with van der Waals surface area (Å²) in [4.78, 5) is 23.4. The molecule has 0 aromatic heterocycles. The van der Waals surface area contributed by atoms with Gasteiger partial charge in [-0.1, -0.05) is 12.2 Å². The van der Waals surface area contributed by atoms with Crippen LogP contribution in [0.2, 0.25) is 0 Å². The summed E-state index contributed by atoms with van der Waals surface area (Å²) in [5, 5.41) is 0. The maximum Gasteiger partial charge on any atom is 0.334 e. The van der Waals surface area contributed by atoms with Crippen LogP contribution in [0, 0.1) is 5.92 Å². The molecular weight excluding hydrogens is 284 g/mol. The Kier molecular flexibility index (Phi) is 3.63. The average Bonchev–Trinajstić information content (AvgIpc) is 2.96. The lowest BCUT2D eigenvalue weighted by Gasteiger charge is -2.27. The number of hydrogen-bond acceptors (Lipinski definition) is 5. The fourth-order valence-corrected chi connectivity index (χ4v) is 3.58. The van der Waals surface area contributed by atoms with Crippen molar-refractivity contribution in [3.8, 4) is 0 Å². The molecule has 1 aliphatic carbocycles. The molecule has 3 rings (SSSR count). The molecule has 5 nitrogen and oxygen atoms in total. The molecule has 0 unspecified atom stereocenters. The summed E-state index contributed by atoms with van der Waals surface area (Å²) in [5.74, 6) is -1.12. The number of rotatable bonds is 1. The molecule has 0 N–H and O–H groups in total. The summed E-state index contributed by atoms with van der Waals surface area (Å²) < 4.78 is 16.8. The van der Waals surface area contributed by atoms with E-state index in [-0.39, 0.29) is 29.7 Å². The number of allylic oxidation sites excluding steroid dienone is 1. The van der Waals surface area contributed by atoms with Crippen LogP contribution in [0.3, 0.4) is 0 Å². The lowest BCUT2D eigenvalue weighted by molar-refractivity contribution is -0.147. The predicted molar refractivity (Wildman–Crippen MR) is 79.0 cm³/mol. The van der Waals surface area contributed by atoms with Crippen LogP contribution in [0.5, 0.6) is 0 Å². The van der Waals surface area contributed by atoms with Crippen LogP contribution in [0.15, 0.2) is 23.8 Å². The van der Waals surface area contributed by atoms with Gasteiger partial charge in [0.25, 0.3) is 0 Å². The van der Waals surface area contributed by atoms with Gasteiger partial charge in [-0.05, 0) is 32.8 Å². The molecule has 0 amide bonds. The van der Waals surface area contributed by atoms with E-state index in [0.29, 0.717) is 12.0 Å². The van der Waals surface area contributed by atoms with Crippen molar-refractivity contribution in [3.05, 3.63) is 23.8 Å². The molecule has 2 aliphatic heterocycles. The van der Waals surface area contributed by atoms with Gasteiger partial charge in [-0.3, -0.25) is 4.79 Å². The van der Waals surface area contributed by atoms with Crippen molar-refractivity contribution >= 4 is 11.9 Å². The van der Waals surface area contributed by atoms with Gasteiger partial charge in [-0.25, -0.2) is 4.79 Å². The van der Waals surface area contributed by atoms with Crippen molar-refractivity contribution in [1.82, 2.24) is 0 Å². The van der Waals surface area contributed by atoms with E-state index >= 15 is 0 Å². The Balaban J connectivity index is 1.95. The SMILES string of the molecule is C=C1C(=O)O[C@H]2C[C@@]3(C)O[C@@H]3CC/C(C)=C/[C@@H](OC(C)=O)[C@H]12. The highest BCUT2D eigenvalue weighted by Gasteiger charge is 2.57. The van der Waals surface area contributed by atoms with Gasteiger partial charge in [0.2, 0.25) is 0 Å². The number of ether oxygens (including phenoxy) is 3. The van der Waals surface area contributed by atoms with E-state index < -0.39 is 12.1 Å². The maximum absolute atomic E-state index is 12.0. The van der Waals surface area contributed by atoms with Crippen LogP contribution >= 0.6 is 0 Å². The Bertz CT molecular complexity index is 563. The summed E-state index contributed by atoms with van der Waals surface area (Å²) >= 11 is 0. The van der Waals surface area contributed by atoms with Crippen LogP contribution in [-0.2, 0) is 23.8 Å². The molecule has 0 aromatic rings. The third-order valence-electron chi connectivity index (χ3n) is 4.87. The van der Waals surface area contributed by atoms with E-state index in [4.69, 9.17) is 14.2 Å². The predicted octanol–water partition coefficient (Wildman–Crippen LogP) is 2.30. The zero-order valence-electron chi connectivity index (χ0n) is 13.3. The van der Waals surface area contributed by atoms with E-state index in [2.05, 4.69) is 6.58 Å². The molecule has 0 aromatic carbocycles. The van der Waals surface area contributed by atoms with Gasteiger partial charge < -0.3 is 14.2 Å². The first-order valence-corrected chi connectivity index (χ1v) is 7.72. The third-order valence-corrected chi connectivity index (χ3v) is 4.87. The molecule has 0 bridgehead atoms. The quantitative estimate of drug-likeness (QED) is 0.322. The second-order valence-corrected chi connectivity index (χ2v) is 6.74. The second kappa shape index (κ2) is 5.23. The van der Waals surface area contributed by atoms with Crippen molar-refractivity contribution < 1.29 is 23.8 Å². The van der Waals surface area contributed by atoms with E-state index in [0.717, 1.165) is 18.4 Å². The van der Waals surface area contributed by atoms with Gasteiger partial charge in [0.1, 0.15) is 12.2 Å². The van der Waals surface area contributed by atoms with E-state index in [1.54, 1.807) is 0 Å². The molecule has 22 heavy (non-hydrogen) atoms. The highest BCUT2D eigenvalue weighted by atomic mass is 16.6. The molecule has 2 saturated heterocycles. The van der Waals surface area contributed by atoms with E-state index in [1.165, 1.54) is 6.92 Å². The van der Waals surface area contributed by atoms with Crippen molar-refractivity contribution in [2.75, 3.05) is 0 Å². The summed E-state index contributed by atoms with van der Waals surface area (Å²) in [5.41, 5.74) is 1.24. The minimum atomic E-state index is -0.514. The summed E-state index contributed by atoms with van der Waals surface area (Å²) in [6.45, 7) is 9.28. The van der Waals surface area contributed by atoms with Crippen LogP contribution in [0.25, 0.3) is 0 Å². The lowest BCUT2D eigenvalue weighted by atomic mass is 9.83. The summed E-state index contributed by atoms with van der Waals surface area (Å²) in [6.07, 6.45) is 3.68. The topological polar surface area (TPSA) is 65.1 Å². The van der Waals surface area contributed by atoms with E-state index in [1.807, 2.05) is 19.9 Å². The van der Waals surface area contributed by atoms with Gasteiger partial charge in [0.15, 0.2) is 0 Å². The lowest BCUT2D eigenvalue weighted by Crippen LogP contribution is -2.35. The Morgan fingerprint density at radius 1 is 1.50 bits per heavy atom. The Morgan fingerprint density at radius 2 is 2.23 bits per heavy atom. The molecule has 0 radical (unpaired) electrons. The standard InChI is InChI=1S/C17H22O5/c1-9-5-6-14-17(4,22-14)8-13-15(10(2)16(19)21-13)12(7-9)20-11(3)18/h7,12-15H,2,5-6,8H2,1,3-4H3/b9-7+/t12-,13+,14-,15+,17-/m1/s1. The summed E-state index contributed by atoms with van der Waals surface area (Å²) in [6, 6.07) is 0. The maximum atomic E-state index is 12.0. The molecule has 5 heteroatoms. The van der Waals surface area contributed by atoms with Gasteiger partial charge in [-0.15, -0.1) is 0 Å². The van der Waals surface area contributed by atoms with E-state index in [9.17, 15) is 9.59 Å². The molecule has 5 atom stereocenters. The molecule has 2 heterocycles. The van der Waals surface area contributed by atoms with Crippen molar-refractivity contribution in [3.63, 3.8) is 0 Å². The van der Waals surface area contributed by atoms with Crippen LogP contribution in [0.4, 0.5) is 0 Å². The smallest absolute Gasteiger partial charge is 0.334 e. The molecule has 0 saturated carbocycles. The normalized spacial score (nSPS) is 43.3. The zero-order valence-corrected chi connectivity index (χ0v) is 13.3. The Morgan fingerprint density at radius 3 is 2.91 bits per heavy atom. The van der Waals surface area contributed by atoms with Crippen LogP contribution in [0.1, 0.15) is 40.0 Å². The van der Waals surface area contributed by atoms with Gasteiger partial charge in [0, 0.05) is 18.9 Å². The number of hydrogen-bond donors (Lipinski definition) is 0. The van der Waals surface area contributed by atoms with Crippen LogP contribution in [-0.4, -0.2) is 35.9 Å². The molecular formula is C17H22O5. The molecule has 0 spiro atoms. The largest absolute Gasteiger partial charge is 0.458 e. The van der Waals surface area contributed by atoms with Gasteiger partial charge >= 0.3 is 11.9 Å². The zero-order chi connectivity index (χ0) is 16.1. The third kappa shape index (κ3) is 2.70. The van der Waals surface area contributed by atoms with Gasteiger partial charge in [-0.2, -0.15) is 0 Å². The number of carbonyl (C=O) groups excluding carboxylic acids is 2. The Labute approximate surface area is 130 Å². The first kappa shape index (κ1) is 15.3. The minimum Gasteiger partial charge on any atom is -0.458 e. The minimum absolute atomic E-state index is 0.203. The fraction of sp³-hybridized carbons (Fsp3) is 0.647. The molecule has 2 fully saturated rings. The van der Waals surface area contributed by atoms with Crippen molar-refractivity contribution in [2.45, 2.75) is 63.9 Å². The van der Waals surface area contributed by atoms with Crippen LogP contribution < -0.4 is 0 Å². The van der Waals surface area contributed by atoms with Crippen molar-refractivity contribution in [2.24, 2.45) is 5.92 Å².